The maximum absolute atomic E-state index is 5.57. The zero-order valence-corrected chi connectivity index (χ0v) is 10.8. The van der Waals surface area contributed by atoms with Crippen molar-refractivity contribution in [3.05, 3.63) is 23.4 Å². The highest BCUT2D eigenvalue weighted by Gasteiger charge is 2.11. The number of hydrogen-bond acceptors (Lipinski definition) is 3. The Labute approximate surface area is 96.7 Å². The van der Waals surface area contributed by atoms with Crippen LogP contribution in [0.15, 0.2) is 17.3 Å². The summed E-state index contributed by atoms with van der Waals surface area (Å²) in [6.45, 7) is 9.38. The molecule has 0 amide bonds. The monoisotopic (exact) mass is 224 g/mol. The van der Waals surface area contributed by atoms with E-state index in [-0.39, 0.29) is 0 Å². The minimum Gasteiger partial charge on any atom is -0.326 e. The van der Waals surface area contributed by atoms with E-state index in [1.54, 1.807) is 0 Å². The fourth-order valence-electron chi connectivity index (χ4n) is 1.17. The fourth-order valence-corrected chi connectivity index (χ4v) is 2.15. The standard InChI is InChI=1S/C12H20N2S/c1-8(2)10(4)15-12-9(3)5-11(6-13)7-14-12/h5,7-8,10H,6,13H2,1-4H3. The van der Waals surface area contributed by atoms with Crippen molar-refractivity contribution in [3.63, 3.8) is 0 Å². The van der Waals surface area contributed by atoms with E-state index < -0.39 is 0 Å². The molecule has 0 saturated heterocycles. The van der Waals surface area contributed by atoms with Gasteiger partial charge in [-0.3, -0.25) is 0 Å². The van der Waals surface area contributed by atoms with E-state index in [4.69, 9.17) is 5.73 Å². The number of aromatic nitrogens is 1. The van der Waals surface area contributed by atoms with Crippen LogP contribution in [0, 0.1) is 12.8 Å². The number of thioether (sulfide) groups is 1. The maximum Gasteiger partial charge on any atom is 0.0991 e. The van der Waals surface area contributed by atoms with Crippen LogP contribution in [-0.4, -0.2) is 10.2 Å². The van der Waals surface area contributed by atoms with Crippen LogP contribution in [-0.2, 0) is 6.54 Å². The summed E-state index contributed by atoms with van der Waals surface area (Å²) in [4.78, 5) is 4.45. The van der Waals surface area contributed by atoms with Gasteiger partial charge in [0.15, 0.2) is 0 Å². The third-order valence-corrected chi connectivity index (χ3v) is 4.13. The Bertz CT molecular complexity index is 323. The quantitative estimate of drug-likeness (QED) is 0.799. The van der Waals surface area contributed by atoms with Crippen LogP contribution in [0.4, 0.5) is 0 Å². The Morgan fingerprint density at radius 1 is 1.40 bits per heavy atom. The number of nitrogens with zero attached hydrogens (tertiary/aromatic N) is 1. The average molecular weight is 224 g/mol. The summed E-state index contributed by atoms with van der Waals surface area (Å²) in [7, 11) is 0. The van der Waals surface area contributed by atoms with Crippen LogP contribution in [0.2, 0.25) is 0 Å². The molecular formula is C12H20N2S. The second-order valence-corrected chi connectivity index (χ2v) is 5.60. The summed E-state index contributed by atoms with van der Waals surface area (Å²) < 4.78 is 0. The number of rotatable bonds is 4. The van der Waals surface area contributed by atoms with E-state index in [9.17, 15) is 0 Å². The Morgan fingerprint density at radius 2 is 2.07 bits per heavy atom. The molecule has 1 rings (SSSR count). The summed E-state index contributed by atoms with van der Waals surface area (Å²) in [5.74, 6) is 0.672. The van der Waals surface area contributed by atoms with Crippen LogP contribution in [0.5, 0.6) is 0 Å². The first-order chi connectivity index (χ1) is 7.04. The Hall–Kier alpha value is -0.540. The van der Waals surface area contributed by atoms with Crippen LogP contribution in [0.25, 0.3) is 0 Å². The van der Waals surface area contributed by atoms with Gasteiger partial charge in [-0.25, -0.2) is 4.98 Å². The Kier molecular flexibility index (Phi) is 4.61. The number of hydrogen-bond donors (Lipinski definition) is 1. The van der Waals surface area contributed by atoms with Gasteiger partial charge in [0.05, 0.1) is 5.03 Å². The van der Waals surface area contributed by atoms with E-state index >= 15 is 0 Å². The summed E-state index contributed by atoms with van der Waals surface area (Å²) in [5, 5.41) is 1.73. The topological polar surface area (TPSA) is 38.9 Å². The van der Waals surface area contributed by atoms with Crippen molar-refractivity contribution in [1.82, 2.24) is 4.98 Å². The Balaban J connectivity index is 2.78. The van der Waals surface area contributed by atoms with Gasteiger partial charge in [-0.1, -0.05) is 26.8 Å². The summed E-state index contributed by atoms with van der Waals surface area (Å²) >= 11 is 1.85. The highest BCUT2D eigenvalue weighted by molar-refractivity contribution is 7.99. The first-order valence-electron chi connectivity index (χ1n) is 5.36. The molecule has 0 aliphatic rings. The molecule has 15 heavy (non-hydrogen) atoms. The minimum atomic E-state index is 0.568. The van der Waals surface area contributed by atoms with E-state index in [1.807, 2.05) is 18.0 Å². The highest BCUT2D eigenvalue weighted by atomic mass is 32.2. The van der Waals surface area contributed by atoms with Gasteiger partial charge in [0.1, 0.15) is 0 Å². The summed E-state index contributed by atoms with van der Waals surface area (Å²) in [6, 6.07) is 2.13. The molecule has 0 aliphatic carbocycles. The molecule has 2 nitrogen and oxygen atoms in total. The molecule has 1 aromatic heterocycles. The molecule has 1 aromatic rings. The first-order valence-corrected chi connectivity index (χ1v) is 6.24. The Morgan fingerprint density at radius 3 is 2.53 bits per heavy atom. The third-order valence-electron chi connectivity index (χ3n) is 2.56. The van der Waals surface area contributed by atoms with Crippen molar-refractivity contribution in [3.8, 4) is 0 Å². The van der Waals surface area contributed by atoms with Gasteiger partial charge in [-0.2, -0.15) is 0 Å². The smallest absolute Gasteiger partial charge is 0.0991 e. The van der Waals surface area contributed by atoms with Crippen LogP contribution in [0.1, 0.15) is 31.9 Å². The van der Waals surface area contributed by atoms with Crippen molar-refractivity contribution >= 4 is 11.8 Å². The van der Waals surface area contributed by atoms with Gasteiger partial charge in [0, 0.05) is 18.0 Å². The van der Waals surface area contributed by atoms with Gasteiger partial charge >= 0.3 is 0 Å². The largest absolute Gasteiger partial charge is 0.326 e. The first kappa shape index (κ1) is 12.5. The van der Waals surface area contributed by atoms with E-state index in [0.29, 0.717) is 17.7 Å². The van der Waals surface area contributed by atoms with Crippen molar-refractivity contribution < 1.29 is 0 Å². The molecule has 84 valence electrons. The lowest BCUT2D eigenvalue weighted by molar-refractivity contribution is 0.641. The molecule has 0 aliphatic heterocycles. The van der Waals surface area contributed by atoms with Crippen molar-refractivity contribution in [2.24, 2.45) is 11.7 Å². The van der Waals surface area contributed by atoms with Crippen molar-refractivity contribution in [2.45, 2.75) is 44.5 Å². The van der Waals surface area contributed by atoms with Gasteiger partial charge in [-0.05, 0) is 24.0 Å². The lowest BCUT2D eigenvalue weighted by Crippen LogP contribution is -2.07. The van der Waals surface area contributed by atoms with Crippen molar-refractivity contribution in [1.29, 1.82) is 0 Å². The molecule has 0 spiro atoms. The lowest BCUT2D eigenvalue weighted by Gasteiger charge is -2.15. The second kappa shape index (κ2) is 5.52. The maximum atomic E-state index is 5.57. The molecule has 0 fully saturated rings. The SMILES string of the molecule is Cc1cc(CN)cnc1SC(C)C(C)C. The molecular weight excluding hydrogens is 204 g/mol. The average Bonchev–Trinajstić information content (AvgIpc) is 2.20. The zero-order valence-electron chi connectivity index (χ0n) is 9.95. The van der Waals surface area contributed by atoms with E-state index in [2.05, 4.69) is 38.7 Å². The third kappa shape index (κ3) is 3.50. The van der Waals surface area contributed by atoms with E-state index in [0.717, 1.165) is 10.6 Å². The highest BCUT2D eigenvalue weighted by Crippen LogP contribution is 2.28. The van der Waals surface area contributed by atoms with Crippen molar-refractivity contribution in [2.75, 3.05) is 0 Å². The van der Waals surface area contributed by atoms with Gasteiger partial charge in [-0.15, -0.1) is 11.8 Å². The van der Waals surface area contributed by atoms with Crippen LogP contribution in [0.3, 0.4) is 0 Å². The lowest BCUT2D eigenvalue weighted by atomic mass is 10.2. The number of aryl methyl sites for hydroxylation is 1. The summed E-state index contributed by atoms with van der Waals surface area (Å²) in [6.07, 6.45) is 1.88. The normalized spacial score (nSPS) is 13.2. The molecule has 2 N–H and O–H groups in total. The van der Waals surface area contributed by atoms with Crippen LogP contribution >= 0.6 is 11.8 Å². The predicted molar refractivity (Wildman–Crippen MR) is 67.0 cm³/mol. The molecule has 0 aromatic carbocycles. The summed E-state index contributed by atoms with van der Waals surface area (Å²) in [5.41, 5.74) is 7.91. The molecule has 3 heteroatoms. The van der Waals surface area contributed by atoms with Gasteiger partial charge < -0.3 is 5.73 Å². The minimum absolute atomic E-state index is 0.568. The fraction of sp³-hybridized carbons (Fsp3) is 0.583. The molecule has 0 bridgehead atoms. The molecule has 0 radical (unpaired) electrons. The van der Waals surface area contributed by atoms with Gasteiger partial charge in [0.2, 0.25) is 0 Å². The molecule has 1 heterocycles. The predicted octanol–water partition coefficient (Wildman–Crippen LogP) is 2.99. The molecule has 0 saturated carbocycles. The second-order valence-electron chi connectivity index (χ2n) is 4.24. The van der Waals surface area contributed by atoms with Gasteiger partial charge in [0.25, 0.3) is 0 Å². The van der Waals surface area contributed by atoms with Crippen LogP contribution < -0.4 is 5.73 Å². The zero-order chi connectivity index (χ0) is 11.4. The molecule has 1 atom stereocenters. The number of nitrogens with two attached hydrogens (primary N) is 1. The number of pyridine rings is 1. The van der Waals surface area contributed by atoms with E-state index in [1.165, 1.54) is 5.56 Å². The molecule has 1 unspecified atom stereocenters.